The molecule has 218 valence electrons. The van der Waals surface area contributed by atoms with Crippen LogP contribution in [-0.4, -0.2) is 23.9 Å². The van der Waals surface area contributed by atoms with Gasteiger partial charge in [0.1, 0.15) is 0 Å². The highest BCUT2D eigenvalue weighted by molar-refractivity contribution is 5.90. The van der Waals surface area contributed by atoms with Gasteiger partial charge in [-0.25, -0.2) is 0 Å². The van der Waals surface area contributed by atoms with E-state index in [1.807, 2.05) is 0 Å². The number of aromatic carboxylic acids is 4. The molecule has 0 aliphatic heterocycles. The molecular formula is C34H20N2O8-4. The largest absolute Gasteiger partial charge is 0.545 e. The molecule has 44 heavy (non-hydrogen) atoms. The van der Waals surface area contributed by atoms with E-state index in [0.717, 1.165) is 0 Å². The standard InChI is InChI=1S/C34H24N2O8/c37-31(38)21-1-9-25(10-2-21)35(26-11-3-22(4-12-26)32(39)40)29-17-19-30(20-18-29)36(27-13-5-23(6-14-27)33(41)42)28-15-7-24(8-16-28)34(43)44/h1-20H,(H,37,38)(H,39,40)(H,41,42)(H,43,44)/p-4. The second kappa shape index (κ2) is 12.2. The number of benzene rings is 5. The molecule has 10 nitrogen and oxygen atoms in total. The van der Waals surface area contributed by atoms with Crippen LogP contribution < -0.4 is 30.2 Å². The van der Waals surface area contributed by atoms with Crippen molar-refractivity contribution in [2.24, 2.45) is 0 Å². The second-order valence-electron chi connectivity index (χ2n) is 9.52. The zero-order chi connectivity index (χ0) is 31.4. The van der Waals surface area contributed by atoms with Crippen molar-refractivity contribution >= 4 is 58.0 Å². The number of carboxylic acid groups (broad SMARTS) is 4. The minimum Gasteiger partial charge on any atom is -0.545 e. The Bertz CT molecular complexity index is 1580. The first-order chi connectivity index (χ1) is 21.1. The zero-order valence-corrected chi connectivity index (χ0v) is 22.7. The van der Waals surface area contributed by atoms with Gasteiger partial charge < -0.3 is 49.4 Å². The van der Waals surface area contributed by atoms with E-state index in [4.69, 9.17) is 0 Å². The first kappa shape index (κ1) is 29.1. The maximum atomic E-state index is 11.3. The topological polar surface area (TPSA) is 167 Å². The summed E-state index contributed by atoms with van der Waals surface area (Å²) in [6, 6.07) is 31.1. The average Bonchev–Trinajstić information content (AvgIpc) is 3.03. The van der Waals surface area contributed by atoms with E-state index in [2.05, 4.69) is 0 Å². The van der Waals surface area contributed by atoms with Crippen molar-refractivity contribution in [3.63, 3.8) is 0 Å². The van der Waals surface area contributed by atoms with E-state index in [-0.39, 0.29) is 22.3 Å². The lowest BCUT2D eigenvalue weighted by atomic mass is 10.1. The number of anilines is 6. The Balaban J connectivity index is 1.58. The molecular weight excluding hydrogens is 564 g/mol. The van der Waals surface area contributed by atoms with Gasteiger partial charge in [0.25, 0.3) is 0 Å². The van der Waals surface area contributed by atoms with E-state index < -0.39 is 23.9 Å². The van der Waals surface area contributed by atoms with Gasteiger partial charge in [-0.1, -0.05) is 48.5 Å². The first-order valence-electron chi connectivity index (χ1n) is 13.1. The van der Waals surface area contributed by atoms with E-state index in [1.165, 1.54) is 48.5 Å². The summed E-state index contributed by atoms with van der Waals surface area (Å²) >= 11 is 0. The molecule has 0 amide bonds. The van der Waals surface area contributed by atoms with Crippen LogP contribution in [0.2, 0.25) is 0 Å². The Kier molecular flexibility index (Phi) is 8.07. The summed E-state index contributed by atoms with van der Waals surface area (Å²) in [5.74, 6) is -5.31. The summed E-state index contributed by atoms with van der Waals surface area (Å²) in [5.41, 5.74) is 3.54. The lowest BCUT2D eigenvalue weighted by Crippen LogP contribution is -2.22. The van der Waals surface area contributed by atoms with Gasteiger partial charge in [-0.05, 0) is 95.1 Å². The van der Waals surface area contributed by atoms with Gasteiger partial charge in [0.15, 0.2) is 0 Å². The van der Waals surface area contributed by atoms with Crippen molar-refractivity contribution in [2.45, 2.75) is 0 Å². The number of nitrogens with zero attached hydrogens (tertiary/aromatic N) is 2. The zero-order valence-electron chi connectivity index (χ0n) is 22.7. The van der Waals surface area contributed by atoms with Crippen molar-refractivity contribution in [1.29, 1.82) is 0 Å². The Labute approximate surface area is 250 Å². The molecule has 5 aromatic carbocycles. The molecule has 5 rings (SSSR count). The average molecular weight is 585 g/mol. The fourth-order valence-corrected chi connectivity index (χ4v) is 4.63. The minimum absolute atomic E-state index is 0.0126. The molecule has 0 saturated heterocycles. The van der Waals surface area contributed by atoms with Crippen molar-refractivity contribution in [2.75, 3.05) is 9.80 Å². The van der Waals surface area contributed by atoms with Crippen molar-refractivity contribution in [3.8, 4) is 0 Å². The van der Waals surface area contributed by atoms with E-state index in [9.17, 15) is 39.6 Å². The lowest BCUT2D eigenvalue weighted by Gasteiger charge is -2.29. The highest BCUT2D eigenvalue weighted by atomic mass is 16.4. The van der Waals surface area contributed by atoms with Crippen molar-refractivity contribution in [3.05, 3.63) is 144 Å². The van der Waals surface area contributed by atoms with Crippen LogP contribution in [0.25, 0.3) is 0 Å². The van der Waals surface area contributed by atoms with Crippen LogP contribution in [0.5, 0.6) is 0 Å². The highest BCUT2D eigenvalue weighted by Crippen LogP contribution is 2.39. The maximum absolute atomic E-state index is 11.3. The number of rotatable bonds is 10. The number of carboxylic acids is 4. The van der Waals surface area contributed by atoms with Crippen LogP contribution >= 0.6 is 0 Å². The van der Waals surface area contributed by atoms with Crippen LogP contribution in [-0.2, 0) is 0 Å². The number of hydrogen-bond acceptors (Lipinski definition) is 10. The van der Waals surface area contributed by atoms with Gasteiger partial charge in [0, 0.05) is 34.1 Å². The molecule has 10 heteroatoms. The van der Waals surface area contributed by atoms with Gasteiger partial charge in [-0.3, -0.25) is 0 Å². The summed E-state index contributed by atoms with van der Waals surface area (Å²) in [4.78, 5) is 48.8. The SMILES string of the molecule is O=C([O-])c1ccc(N(c2ccc(C(=O)[O-])cc2)c2ccc(N(c3ccc(C(=O)[O-])cc3)c3ccc(C(=O)[O-])cc3)cc2)cc1. The Morgan fingerprint density at radius 3 is 0.568 bits per heavy atom. The maximum Gasteiger partial charge on any atom is 0.0715 e. The predicted octanol–water partition coefficient (Wildman–Crippen LogP) is 2.08. The summed E-state index contributed by atoms with van der Waals surface area (Å²) in [6.45, 7) is 0. The number of hydrogen-bond donors (Lipinski definition) is 0. The minimum atomic E-state index is -1.33. The summed E-state index contributed by atoms with van der Waals surface area (Å²) < 4.78 is 0. The third-order valence-corrected chi connectivity index (χ3v) is 6.81. The molecule has 0 atom stereocenters. The Morgan fingerprint density at radius 2 is 0.432 bits per heavy atom. The smallest absolute Gasteiger partial charge is 0.0715 e. The van der Waals surface area contributed by atoms with Crippen LogP contribution in [0, 0.1) is 0 Å². The Morgan fingerprint density at radius 1 is 0.295 bits per heavy atom. The quantitative estimate of drug-likeness (QED) is 0.237. The molecule has 0 heterocycles. The second-order valence-corrected chi connectivity index (χ2v) is 9.52. The van der Waals surface area contributed by atoms with Crippen LogP contribution in [0.15, 0.2) is 121 Å². The molecule has 5 aromatic rings. The fraction of sp³-hybridized carbons (Fsp3) is 0. The predicted molar refractivity (Wildman–Crippen MR) is 153 cm³/mol. The van der Waals surface area contributed by atoms with Gasteiger partial charge in [0.05, 0.1) is 23.9 Å². The highest BCUT2D eigenvalue weighted by Gasteiger charge is 2.17. The molecule has 0 spiro atoms. The van der Waals surface area contributed by atoms with Gasteiger partial charge in [-0.15, -0.1) is 0 Å². The third-order valence-electron chi connectivity index (χ3n) is 6.81. The fourth-order valence-electron chi connectivity index (χ4n) is 4.63. The molecule has 0 aliphatic rings. The molecule has 0 aromatic heterocycles. The van der Waals surface area contributed by atoms with Crippen LogP contribution in [0.3, 0.4) is 0 Å². The molecule has 0 aliphatic carbocycles. The van der Waals surface area contributed by atoms with E-state index >= 15 is 0 Å². The van der Waals surface area contributed by atoms with E-state index in [1.54, 1.807) is 82.6 Å². The normalized spacial score (nSPS) is 10.5. The monoisotopic (exact) mass is 584 g/mol. The van der Waals surface area contributed by atoms with Crippen LogP contribution in [0.1, 0.15) is 41.4 Å². The van der Waals surface area contributed by atoms with Crippen molar-refractivity contribution in [1.82, 2.24) is 0 Å². The first-order valence-corrected chi connectivity index (χ1v) is 13.1. The van der Waals surface area contributed by atoms with E-state index in [0.29, 0.717) is 34.1 Å². The molecule has 0 radical (unpaired) electrons. The molecule has 0 fully saturated rings. The lowest BCUT2D eigenvalue weighted by molar-refractivity contribution is -0.256. The molecule has 0 bridgehead atoms. The van der Waals surface area contributed by atoms with Crippen molar-refractivity contribution < 1.29 is 39.6 Å². The third kappa shape index (κ3) is 6.09. The van der Waals surface area contributed by atoms with Gasteiger partial charge in [0.2, 0.25) is 0 Å². The van der Waals surface area contributed by atoms with Crippen LogP contribution in [0.4, 0.5) is 34.1 Å². The van der Waals surface area contributed by atoms with Gasteiger partial charge >= 0.3 is 0 Å². The molecule has 0 saturated carbocycles. The molecule has 0 N–H and O–H groups in total. The Hall–Kier alpha value is -6.42. The van der Waals surface area contributed by atoms with Gasteiger partial charge in [-0.2, -0.15) is 0 Å². The molecule has 0 unspecified atom stereocenters. The number of carbonyl (C=O) groups excluding carboxylic acids is 4. The summed E-state index contributed by atoms with van der Waals surface area (Å²) in [6.07, 6.45) is 0. The summed E-state index contributed by atoms with van der Waals surface area (Å²) in [5, 5.41) is 45.2. The summed E-state index contributed by atoms with van der Waals surface area (Å²) in [7, 11) is 0. The number of carbonyl (C=O) groups is 4.